The predicted molar refractivity (Wildman–Crippen MR) is 71.7 cm³/mol. The van der Waals surface area contributed by atoms with Crippen LogP contribution in [0.4, 0.5) is 0 Å². The summed E-state index contributed by atoms with van der Waals surface area (Å²) in [6.07, 6.45) is 6.14. The fourth-order valence-corrected chi connectivity index (χ4v) is 2.53. The first-order chi connectivity index (χ1) is 7.86. The van der Waals surface area contributed by atoms with Crippen LogP contribution in [0.2, 0.25) is 0 Å². The Morgan fingerprint density at radius 1 is 1.24 bits per heavy atom. The third-order valence-electron chi connectivity index (χ3n) is 4.32. The molecule has 1 saturated carbocycles. The van der Waals surface area contributed by atoms with Gasteiger partial charge in [-0.3, -0.25) is 4.79 Å². The van der Waals surface area contributed by atoms with Crippen molar-refractivity contribution in [3.63, 3.8) is 0 Å². The van der Waals surface area contributed by atoms with E-state index >= 15 is 0 Å². The number of rotatable bonds is 4. The van der Waals surface area contributed by atoms with Crippen molar-refractivity contribution in [2.45, 2.75) is 70.9 Å². The zero-order valence-corrected chi connectivity index (χ0v) is 11.8. The first-order valence-corrected chi connectivity index (χ1v) is 6.90. The van der Waals surface area contributed by atoms with Crippen molar-refractivity contribution in [3.05, 3.63) is 0 Å². The smallest absolute Gasteiger partial charge is 0.224 e. The largest absolute Gasteiger partial charge is 0.343 e. The van der Waals surface area contributed by atoms with Crippen LogP contribution in [0.25, 0.3) is 0 Å². The summed E-state index contributed by atoms with van der Waals surface area (Å²) in [5, 5.41) is 0. The number of hydrogen-bond donors (Lipinski definition) is 1. The number of nitrogens with two attached hydrogens (primary N) is 1. The van der Waals surface area contributed by atoms with Crippen LogP contribution in [-0.2, 0) is 4.79 Å². The second kappa shape index (κ2) is 5.85. The standard InChI is InChI=1S/C14H28N2O/c1-11(2)12(3)16(4)13(17)10-14(15)8-6-5-7-9-14/h11-12H,5-10,15H2,1-4H3. The first kappa shape index (κ1) is 14.5. The van der Waals surface area contributed by atoms with E-state index in [2.05, 4.69) is 20.8 Å². The number of hydrogen-bond acceptors (Lipinski definition) is 2. The van der Waals surface area contributed by atoms with Crippen molar-refractivity contribution in [1.29, 1.82) is 0 Å². The van der Waals surface area contributed by atoms with Gasteiger partial charge in [0.1, 0.15) is 0 Å². The zero-order chi connectivity index (χ0) is 13.1. The van der Waals surface area contributed by atoms with E-state index in [9.17, 15) is 4.79 Å². The Hall–Kier alpha value is -0.570. The number of nitrogens with zero attached hydrogens (tertiary/aromatic N) is 1. The minimum atomic E-state index is -0.236. The summed E-state index contributed by atoms with van der Waals surface area (Å²) in [6, 6.07) is 0.287. The van der Waals surface area contributed by atoms with Crippen molar-refractivity contribution in [2.24, 2.45) is 11.7 Å². The van der Waals surface area contributed by atoms with Crippen molar-refractivity contribution >= 4 is 5.91 Å². The number of carbonyl (C=O) groups is 1. The lowest BCUT2D eigenvalue weighted by Crippen LogP contribution is -2.48. The highest BCUT2D eigenvalue weighted by atomic mass is 16.2. The molecule has 100 valence electrons. The van der Waals surface area contributed by atoms with Crippen LogP contribution >= 0.6 is 0 Å². The van der Waals surface area contributed by atoms with E-state index in [1.54, 1.807) is 0 Å². The molecule has 0 aromatic rings. The van der Waals surface area contributed by atoms with E-state index in [0.717, 1.165) is 12.8 Å². The maximum absolute atomic E-state index is 12.2. The Bertz CT molecular complexity index is 257. The topological polar surface area (TPSA) is 46.3 Å². The fourth-order valence-electron chi connectivity index (χ4n) is 2.53. The van der Waals surface area contributed by atoms with E-state index in [1.165, 1.54) is 19.3 Å². The maximum Gasteiger partial charge on any atom is 0.224 e. The summed E-state index contributed by atoms with van der Waals surface area (Å²) in [5.41, 5.74) is 6.09. The number of carbonyl (C=O) groups excluding carboxylic acids is 1. The van der Waals surface area contributed by atoms with Gasteiger partial charge in [0.15, 0.2) is 0 Å². The van der Waals surface area contributed by atoms with Crippen LogP contribution in [0.15, 0.2) is 0 Å². The van der Waals surface area contributed by atoms with Crippen LogP contribution in [0.1, 0.15) is 59.3 Å². The highest BCUT2D eigenvalue weighted by Gasteiger charge is 2.32. The molecule has 0 aliphatic heterocycles. The van der Waals surface area contributed by atoms with E-state index in [1.807, 2.05) is 11.9 Å². The third-order valence-corrected chi connectivity index (χ3v) is 4.32. The van der Waals surface area contributed by atoms with E-state index in [4.69, 9.17) is 5.73 Å². The van der Waals surface area contributed by atoms with E-state index in [-0.39, 0.29) is 17.5 Å². The normalized spacial score (nSPS) is 21.3. The van der Waals surface area contributed by atoms with Crippen LogP contribution in [0.5, 0.6) is 0 Å². The molecule has 1 amide bonds. The summed E-state index contributed by atoms with van der Waals surface area (Å²) in [4.78, 5) is 14.1. The molecule has 1 aliphatic carbocycles. The Morgan fingerprint density at radius 3 is 2.24 bits per heavy atom. The third kappa shape index (κ3) is 3.98. The van der Waals surface area contributed by atoms with Gasteiger partial charge in [0, 0.05) is 25.0 Å². The first-order valence-electron chi connectivity index (χ1n) is 6.90. The SMILES string of the molecule is CC(C)C(C)N(C)C(=O)CC1(N)CCCCC1. The van der Waals surface area contributed by atoms with Crippen molar-refractivity contribution in [2.75, 3.05) is 7.05 Å². The average Bonchev–Trinajstić information content (AvgIpc) is 2.27. The minimum Gasteiger partial charge on any atom is -0.343 e. The van der Waals surface area contributed by atoms with Crippen LogP contribution < -0.4 is 5.73 Å². The van der Waals surface area contributed by atoms with Gasteiger partial charge < -0.3 is 10.6 Å². The molecular weight excluding hydrogens is 212 g/mol. The van der Waals surface area contributed by atoms with Crippen molar-refractivity contribution in [1.82, 2.24) is 4.90 Å². The summed E-state index contributed by atoms with van der Waals surface area (Å²) in [7, 11) is 1.90. The van der Waals surface area contributed by atoms with E-state index in [0.29, 0.717) is 12.3 Å². The van der Waals surface area contributed by atoms with Gasteiger partial charge in [-0.05, 0) is 25.7 Å². The highest BCUT2D eigenvalue weighted by molar-refractivity contribution is 5.77. The Morgan fingerprint density at radius 2 is 1.76 bits per heavy atom. The zero-order valence-electron chi connectivity index (χ0n) is 11.8. The lowest BCUT2D eigenvalue weighted by Gasteiger charge is -2.36. The quantitative estimate of drug-likeness (QED) is 0.821. The molecule has 1 unspecified atom stereocenters. The summed E-state index contributed by atoms with van der Waals surface area (Å²) in [6.45, 7) is 6.40. The van der Waals surface area contributed by atoms with Gasteiger partial charge in [0.2, 0.25) is 5.91 Å². The van der Waals surface area contributed by atoms with Gasteiger partial charge in [0.25, 0.3) is 0 Å². The molecule has 0 spiro atoms. The molecule has 1 aliphatic rings. The Balaban J connectivity index is 2.53. The van der Waals surface area contributed by atoms with Crippen LogP contribution in [-0.4, -0.2) is 29.4 Å². The second-order valence-electron chi connectivity index (χ2n) is 6.09. The molecule has 3 nitrogen and oxygen atoms in total. The fraction of sp³-hybridized carbons (Fsp3) is 0.929. The molecule has 17 heavy (non-hydrogen) atoms. The highest BCUT2D eigenvalue weighted by Crippen LogP contribution is 2.29. The van der Waals surface area contributed by atoms with Crippen molar-refractivity contribution in [3.8, 4) is 0 Å². The molecule has 0 aromatic heterocycles. The molecule has 2 N–H and O–H groups in total. The Labute approximate surface area is 106 Å². The van der Waals surface area contributed by atoms with Crippen molar-refractivity contribution < 1.29 is 4.79 Å². The molecule has 0 heterocycles. The molecule has 1 rings (SSSR count). The van der Waals surface area contributed by atoms with Crippen LogP contribution in [0, 0.1) is 5.92 Å². The van der Waals surface area contributed by atoms with Crippen LogP contribution in [0.3, 0.4) is 0 Å². The minimum absolute atomic E-state index is 0.204. The van der Waals surface area contributed by atoms with Gasteiger partial charge in [-0.25, -0.2) is 0 Å². The molecule has 1 fully saturated rings. The summed E-state index contributed by atoms with van der Waals surface area (Å²) in [5.74, 6) is 0.694. The monoisotopic (exact) mass is 240 g/mol. The lowest BCUT2D eigenvalue weighted by molar-refractivity contribution is -0.134. The van der Waals surface area contributed by atoms with Gasteiger partial charge in [-0.1, -0.05) is 33.1 Å². The maximum atomic E-state index is 12.2. The molecule has 0 bridgehead atoms. The molecule has 1 atom stereocenters. The van der Waals surface area contributed by atoms with E-state index < -0.39 is 0 Å². The molecule has 0 aromatic carbocycles. The van der Waals surface area contributed by atoms with Gasteiger partial charge in [-0.15, -0.1) is 0 Å². The summed E-state index contributed by atoms with van der Waals surface area (Å²) >= 11 is 0. The number of amides is 1. The molecular formula is C14H28N2O. The van der Waals surface area contributed by atoms with Gasteiger partial charge >= 0.3 is 0 Å². The van der Waals surface area contributed by atoms with Gasteiger partial charge in [0.05, 0.1) is 0 Å². The Kier molecular flexibility index (Phi) is 4.99. The second-order valence-corrected chi connectivity index (χ2v) is 6.09. The molecule has 3 heteroatoms. The predicted octanol–water partition coefficient (Wildman–Crippen LogP) is 2.54. The summed E-state index contributed by atoms with van der Waals surface area (Å²) < 4.78 is 0. The average molecular weight is 240 g/mol. The molecule has 0 saturated heterocycles. The lowest BCUT2D eigenvalue weighted by atomic mass is 9.80. The molecule has 0 radical (unpaired) electrons. The van der Waals surface area contributed by atoms with Gasteiger partial charge in [-0.2, -0.15) is 0 Å².